The summed E-state index contributed by atoms with van der Waals surface area (Å²) < 4.78 is 1.45. The summed E-state index contributed by atoms with van der Waals surface area (Å²) in [6, 6.07) is 7.20. The summed E-state index contributed by atoms with van der Waals surface area (Å²) in [5, 5.41) is 4.69. The minimum absolute atomic E-state index is 0.0991. The van der Waals surface area contributed by atoms with Gasteiger partial charge in [0.25, 0.3) is 0 Å². The van der Waals surface area contributed by atoms with Crippen LogP contribution in [0, 0.1) is 5.41 Å². The molecule has 21 heavy (non-hydrogen) atoms. The zero-order chi connectivity index (χ0) is 15.5. The van der Waals surface area contributed by atoms with Crippen molar-refractivity contribution < 1.29 is 4.79 Å². The number of aromatic nitrogens is 3. The maximum atomic E-state index is 12.7. The van der Waals surface area contributed by atoms with E-state index in [1.54, 1.807) is 32.1 Å². The molecule has 0 unspecified atom stereocenters. The Hall–Kier alpha value is -1.65. The molecule has 0 amide bonds. The topological polar surface area (TPSA) is 47.8 Å². The number of nitrogens with zero attached hydrogens (tertiary/aromatic N) is 3. The largest absolute Gasteiger partial charge is 0.292 e. The van der Waals surface area contributed by atoms with Crippen molar-refractivity contribution in [2.24, 2.45) is 5.41 Å². The van der Waals surface area contributed by atoms with Gasteiger partial charge in [0.05, 0.1) is 0 Å². The number of carbonyl (C=O) groups is 1. The highest BCUT2D eigenvalue weighted by molar-refractivity contribution is 6.30. The molecule has 0 fully saturated rings. The summed E-state index contributed by atoms with van der Waals surface area (Å²) >= 11 is 11.8. The molecule has 6 heteroatoms. The van der Waals surface area contributed by atoms with Crippen molar-refractivity contribution in [3.05, 3.63) is 47.5 Å². The monoisotopic (exact) mass is 323 g/mol. The van der Waals surface area contributed by atoms with E-state index in [0.29, 0.717) is 10.7 Å². The second-order valence-corrected chi connectivity index (χ2v) is 5.97. The molecule has 0 saturated carbocycles. The number of alkyl halides is 1. The molecule has 1 heterocycles. The van der Waals surface area contributed by atoms with E-state index in [2.05, 4.69) is 10.1 Å². The number of carbonyl (C=O) groups excluding carboxylic acids is 1. The van der Waals surface area contributed by atoms with Crippen molar-refractivity contribution in [2.45, 2.75) is 13.8 Å². The Morgan fingerprint density at radius 1 is 1.33 bits per heavy atom. The Kier molecular flexibility index (Phi) is 4.80. The van der Waals surface area contributed by atoms with Crippen LogP contribution in [0.5, 0.6) is 0 Å². The van der Waals surface area contributed by atoms with Crippen LogP contribution in [0.4, 0.5) is 0 Å². The van der Waals surface area contributed by atoms with E-state index in [1.165, 1.54) is 17.3 Å². The summed E-state index contributed by atoms with van der Waals surface area (Å²) in [5.74, 6) is 0.122. The standard InChI is InChI=1S/C15H15Cl2N3O/c1-15(2,8-16)14(21)13(20-10-18-9-19-20)7-11-3-5-12(17)6-4-11/h3-7,9-10H,8H2,1-2H3/b13-7-. The van der Waals surface area contributed by atoms with Crippen molar-refractivity contribution in [3.63, 3.8) is 0 Å². The van der Waals surface area contributed by atoms with E-state index in [4.69, 9.17) is 23.2 Å². The molecule has 0 saturated heterocycles. The van der Waals surface area contributed by atoms with Crippen LogP contribution >= 0.6 is 23.2 Å². The molecule has 0 atom stereocenters. The molecule has 2 rings (SSSR count). The molecule has 1 aromatic heterocycles. The van der Waals surface area contributed by atoms with E-state index in [9.17, 15) is 4.79 Å². The molecule has 4 nitrogen and oxygen atoms in total. The van der Waals surface area contributed by atoms with Crippen LogP contribution in [0.3, 0.4) is 0 Å². The van der Waals surface area contributed by atoms with Crippen molar-refractivity contribution in [1.82, 2.24) is 14.8 Å². The Bertz CT molecular complexity index is 646. The first-order valence-corrected chi connectivity index (χ1v) is 7.28. The summed E-state index contributed by atoms with van der Waals surface area (Å²) in [5.41, 5.74) is 0.579. The quantitative estimate of drug-likeness (QED) is 0.621. The summed E-state index contributed by atoms with van der Waals surface area (Å²) in [4.78, 5) is 16.6. The van der Waals surface area contributed by atoms with Crippen molar-refractivity contribution in [1.29, 1.82) is 0 Å². The molecule has 0 aliphatic carbocycles. The lowest BCUT2D eigenvalue weighted by Gasteiger charge is -2.21. The van der Waals surface area contributed by atoms with Crippen molar-refractivity contribution >= 4 is 40.8 Å². The fourth-order valence-corrected chi connectivity index (χ4v) is 1.94. The van der Waals surface area contributed by atoms with Crippen LogP contribution in [0.1, 0.15) is 19.4 Å². The Labute approximate surface area is 133 Å². The van der Waals surface area contributed by atoms with Crippen LogP contribution < -0.4 is 0 Å². The number of hydrogen-bond donors (Lipinski definition) is 0. The van der Waals surface area contributed by atoms with Crippen molar-refractivity contribution in [3.8, 4) is 0 Å². The van der Waals surface area contributed by atoms with Crippen LogP contribution in [0.25, 0.3) is 11.8 Å². The first-order valence-electron chi connectivity index (χ1n) is 6.37. The SMILES string of the molecule is CC(C)(CCl)C(=O)/C(=C/c1ccc(Cl)cc1)n1cncn1. The molecule has 0 radical (unpaired) electrons. The molecular weight excluding hydrogens is 309 g/mol. The first kappa shape index (κ1) is 15.7. The molecule has 1 aromatic carbocycles. The number of allylic oxidation sites excluding steroid dienone is 1. The van der Waals surface area contributed by atoms with Crippen molar-refractivity contribution in [2.75, 3.05) is 5.88 Å². The lowest BCUT2D eigenvalue weighted by molar-refractivity contribution is -0.120. The molecule has 0 bridgehead atoms. The van der Waals surface area contributed by atoms with Gasteiger partial charge < -0.3 is 0 Å². The minimum atomic E-state index is -0.689. The van der Waals surface area contributed by atoms with Crippen LogP contribution in [-0.4, -0.2) is 26.4 Å². The fourth-order valence-electron chi connectivity index (χ4n) is 1.69. The number of hydrogen-bond acceptors (Lipinski definition) is 3. The van der Waals surface area contributed by atoms with Gasteiger partial charge in [0.1, 0.15) is 18.4 Å². The molecule has 0 spiro atoms. The second kappa shape index (κ2) is 6.41. The van der Waals surface area contributed by atoms with E-state index in [1.807, 2.05) is 12.1 Å². The summed E-state index contributed by atoms with van der Waals surface area (Å²) in [6.45, 7) is 3.60. The molecular formula is C15H15Cl2N3O. The van der Waals surface area contributed by atoms with Gasteiger partial charge in [-0.3, -0.25) is 4.79 Å². The lowest BCUT2D eigenvalue weighted by Crippen LogP contribution is -2.29. The highest BCUT2D eigenvalue weighted by Crippen LogP contribution is 2.26. The minimum Gasteiger partial charge on any atom is -0.292 e. The Balaban J connectivity index is 2.47. The maximum Gasteiger partial charge on any atom is 0.188 e. The predicted molar refractivity (Wildman–Crippen MR) is 85.1 cm³/mol. The van der Waals surface area contributed by atoms with Gasteiger partial charge in [0, 0.05) is 16.3 Å². The molecule has 110 valence electrons. The van der Waals surface area contributed by atoms with E-state index >= 15 is 0 Å². The Morgan fingerprint density at radius 2 is 2.00 bits per heavy atom. The van der Waals surface area contributed by atoms with Crippen LogP contribution in [0.2, 0.25) is 5.02 Å². The van der Waals surface area contributed by atoms with Gasteiger partial charge >= 0.3 is 0 Å². The smallest absolute Gasteiger partial charge is 0.188 e. The van der Waals surface area contributed by atoms with Gasteiger partial charge in [0.2, 0.25) is 0 Å². The van der Waals surface area contributed by atoms with E-state index in [0.717, 1.165) is 5.56 Å². The molecule has 0 N–H and O–H groups in total. The third kappa shape index (κ3) is 3.71. The van der Waals surface area contributed by atoms with Gasteiger partial charge in [-0.2, -0.15) is 5.10 Å². The lowest BCUT2D eigenvalue weighted by atomic mass is 9.88. The first-order chi connectivity index (χ1) is 9.94. The zero-order valence-electron chi connectivity index (χ0n) is 11.8. The van der Waals surface area contributed by atoms with Gasteiger partial charge in [-0.25, -0.2) is 9.67 Å². The van der Waals surface area contributed by atoms with E-state index < -0.39 is 5.41 Å². The maximum absolute atomic E-state index is 12.7. The molecule has 2 aromatic rings. The second-order valence-electron chi connectivity index (χ2n) is 5.27. The third-order valence-corrected chi connectivity index (χ3v) is 3.94. The summed E-state index contributed by atoms with van der Waals surface area (Å²) in [7, 11) is 0. The molecule has 0 aliphatic heterocycles. The number of rotatable bonds is 5. The highest BCUT2D eigenvalue weighted by Gasteiger charge is 2.30. The number of benzene rings is 1. The summed E-state index contributed by atoms with van der Waals surface area (Å²) in [6.07, 6.45) is 4.63. The van der Waals surface area contributed by atoms with Gasteiger partial charge in [-0.1, -0.05) is 37.6 Å². The average Bonchev–Trinajstić information content (AvgIpc) is 3.00. The van der Waals surface area contributed by atoms with Gasteiger partial charge in [-0.05, 0) is 23.8 Å². The Morgan fingerprint density at radius 3 is 2.52 bits per heavy atom. The predicted octanol–water partition coefficient (Wildman–Crippen LogP) is 3.76. The molecule has 0 aliphatic rings. The number of halogens is 2. The average molecular weight is 324 g/mol. The fraction of sp³-hybridized carbons (Fsp3) is 0.267. The van der Waals surface area contributed by atoms with Crippen LogP contribution in [-0.2, 0) is 4.79 Å². The zero-order valence-corrected chi connectivity index (χ0v) is 13.3. The van der Waals surface area contributed by atoms with Gasteiger partial charge in [0.15, 0.2) is 5.78 Å². The van der Waals surface area contributed by atoms with Gasteiger partial charge in [-0.15, -0.1) is 11.6 Å². The number of ketones is 1. The normalized spacial score (nSPS) is 12.5. The highest BCUT2D eigenvalue weighted by atomic mass is 35.5. The third-order valence-electron chi connectivity index (χ3n) is 3.02. The van der Waals surface area contributed by atoms with Crippen LogP contribution in [0.15, 0.2) is 36.9 Å². The number of Topliss-reactive ketones (excluding diaryl/α,β-unsaturated/α-hetero) is 1. The van der Waals surface area contributed by atoms with E-state index in [-0.39, 0.29) is 11.7 Å².